The van der Waals surface area contributed by atoms with Crippen LogP contribution in [0.15, 0.2) is 22.8 Å². The highest BCUT2D eigenvalue weighted by atomic mass is 16.5. The van der Waals surface area contributed by atoms with Gasteiger partial charge in [-0.1, -0.05) is 50.5 Å². The van der Waals surface area contributed by atoms with Gasteiger partial charge in [-0.15, -0.1) is 0 Å². The number of fused-ring (bicyclic) bond motifs is 2. The van der Waals surface area contributed by atoms with E-state index in [2.05, 4.69) is 26.8 Å². The average molecular weight is 467 g/mol. The average Bonchev–Trinajstić information content (AvgIpc) is 3.30. The van der Waals surface area contributed by atoms with Crippen molar-refractivity contribution < 1.29 is 19.1 Å². The molecule has 0 N–H and O–H groups in total. The van der Waals surface area contributed by atoms with Crippen molar-refractivity contribution in [2.75, 3.05) is 0 Å². The molecule has 0 amide bonds. The van der Waals surface area contributed by atoms with Crippen LogP contribution < -0.4 is 0 Å². The second-order valence-electron chi connectivity index (χ2n) is 12.4. The number of rotatable bonds is 4. The van der Waals surface area contributed by atoms with Crippen molar-refractivity contribution in [1.82, 2.24) is 0 Å². The maximum atomic E-state index is 13.1. The lowest BCUT2D eigenvalue weighted by Crippen LogP contribution is -2.38. The number of ether oxygens (including phenoxy) is 1. The van der Waals surface area contributed by atoms with Gasteiger partial charge in [-0.05, 0) is 74.5 Å². The van der Waals surface area contributed by atoms with E-state index in [4.69, 9.17) is 4.74 Å². The molecule has 0 radical (unpaired) electrons. The minimum Gasteiger partial charge on any atom is -0.462 e. The second-order valence-corrected chi connectivity index (χ2v) is 12.4. The maximum Gasteiger partial charge on any atom is 0.305 e. The number of hydrogen-bond donors (Lipinski definition) is 0. The van der Waals surface area contributed by atoms with Gasteiger partial charge in [-0.25, -0.2) is 0 Å². The van der Waals surface area contributed by atoms with Gasteiger partial charge in [0.1, 0.15) is 17.7 Å². The largest absolute Gasteiger partial charge is 0.462 e. The summed E-state index contributed by atoms with van der Waals surface area (Å²) in [5.41, 5.74) is 4.60. The van der Waals surface area contributed by atoms with Gasteiger partial charge in [0, 0.05) is 30.6 Å². The number of Topliss-reactive ketones (excluding diaryl/α,β-unsaturated/α-hetero) is 2. The van der Waals surface area contributed by atoms with Crippen LogP contribution in [0.2, 0.25) is 0 Å². The van der Waals surface area contributed by atoms with Gasteiger partial charge in [-0.3, -0.25) is 14.4 Å². The summed E-state index contributed by atoms with van der Waals surface area (Å²) in [6.45, 7) is 9.11. The molecule has 4 nitrogen and oxygen atoms in total. The number of ketones is 2. The molecule has 0 aromatic rings. The lowest BCUT2D eigenvalue weighted by molar-refractivity contribution is -0.149. The zero-order valence-corrected chi connectivity index (χ0v) is 21.5. The molecule has 0 saturated heterocycles. The zero-order chi connectivity index (χ0) is 24.2. The smallest absolute Gasteiger partial charge is 0.305 e. The van der Waals surface area contributed by atoms with Gasteiger partial charge < -0.3 is 4.74 Å². The summed E-state index contributed by atoms with van der Waals surface area (Å²) in [6.07, 6.45) is 12.3. The molecule has 0 aromatic heterocycles. The predicted molar refractivity (Wildman–Crippen MR) is 132 cm³/mol. The van der Waals surface area contributed by atoms with E-state index in [1.54, 1.807) is 5.57 Å². The lowest BCUT2D eigenvalue weighted by Gasteiger charge is -2.45. The Morgan fingerprint density at radius 2 is 1.91 bits per heavy atom. The highest BCUT2D eigenvalue weighted by Gasteiger charge is 2.53. The molecule has 3 fully saturated rings. The molecule has 34 heavy (non-hydrogen) atoms. The summed E-state index contributed by atoms with van der Waals surface area (Å²) in [5.74, 6) is 1.90. The molecule has 7 atom stereocenters. The van der Waals surface area contributed by atoms with E-state index >= 15 is 0 Å². The summed E-state index contributed by atoms with van der Waals surface area (Å²) < 4.78 is 5.77. The topological polar surface area (TPSA) is 60.4 Å². The molecule has 0 aliphatic heterocycles. The van der Waals surface area contributed by atoms with E-state index in [9.17, 15) is 14.4 Å². The highest BCUT2D eigenvalue weighted by Crippen LogP contribution is 2.60. The molecule has 4 heteroatoms. The van der Waals surface area contributed by atoms with Crippen LogP contribution >= 0.6 is 0 Å². The fourth-order valence-corrected chi connectivity index (χ4v) is 8.79. The molecule has 5 aliphatic carbocycles. The number of carbonyl (C=O) groups is 3. The molecule has 5 rings (SSSR count). The quantitative estimate of drug-likeness (QED) is 0.274. The van der Waals surface area contributed by atoms with E-state index in [1.165, 1.54) is 36.8 Å². The highest BCUT2D eigenvalue weighted by molar-refractivity contribution is 6.09. The molecular formula is C30H42O4. The van der Waals surface area contributed by atoms with Crippen LogP contribution in [0.4, 0.5) is 0 Å². The molecule has 186 valence electrons. The molecule has 0 bridgehead atoms. The Hall–Kier alpha value is -1.71. The Kier molecular flexibility index (Phi) is 6.40. The van der Waals surface area contributed by atoms with Gasteiger partial charge >= 0.3 is 5.97 Å². The van der Waals surface area contributed by atoms with Gasteiger partial charge in [0.25, 0.3) is 0 Å². The second kappa shape index (κ2) is 9.06. The third-order valence-electron chi connectivity index (χ3n) is 10.3. The summed E-state index contributed by atoms with van der Waals surface area (Å²) in [7, 11) is 0. The summed E-state index contributed by atoms with van der Waals surface area (Å²) >= 11 is 0. The van der Waals surface area contributed by atoms with E-state index in [-0.39, 0.29) is 47.8 Å². The molecule has 0 aromatic carbocycles. The van der Waals surface area contributed by atoms with Crippen LogP contribution in [-0.2, 0) is 19.1 Å². The number of allylic oxidation sites excluding steroid dienone is 3. The van der Waals surface area contributed by atoms with E-state index in [1.807, 2.05) is 6.92 Å². The van der Waals surface area contributed by atoms with Crippen LogP contribution in [0.5, 0.6) is 0 Å². The number of carbonyl (C=O) groups excluding carboxylic acids is 3. The molecule has 0 heterocycles. The van der Waals surface area contributed by atoms with Gasteiger partial charge in [-0.2, -0.15) is 0 Å². The summed E-state index contributed by atoms with van der Waals surface area (Å²) in [4.78, 5) is 37.9. The minimum absolute atomic E-state index is 0.0197. The number of esters is 1. The van der Waals surface area contributed by atoms with E-state index in [0.717, 1.165) is 38.0 Å². The van der Waals surface area contributed by atoms with E-state index in [0.29, 0.717) is 23.7 Å². The lowest BCUT2D eigenvalue weighted by atomic mass is 9.60. The van der Waals surface area contributed by atoms with Gasteiger partial charge in [0.05, 0.1) is 6.42 Å². The molecule has 6 unspecified atom stereocenters. The Labute approximate surface area is 205 Å². The Morgan fingerprint density at radius 1 is 1.12 bits per heavy atom. The van der Waals surface area contributed by atoms with Crippen LogP contribution in [0.1, 0.15) is 98.3 Å². The predicted octanol–water partition coefficient (Wildman–Crippen LogP) is 6.38. The third kappa shape index (κ3) is 3.93. The van der Waals surface area contributed by atoms with Gasteiger partial charge in [0.15, 0.2) is 0 Å². The van der Waals surface area contributed by atoms with Crippen LogP contribution in [0.25, 0.3) is 0 Å². The fourth-order valence-electron chi connectivity index (χ4n) is 8.79. The van der Waals surface area contributed by atoms with Crippen LogP contribution in [0, 0.1) is 40.9 Å². The SMILES string of the molecule is CCC(=O)OC1CCC2=C(C1)[C@H](/C=C1\CCCC3(C)C1CCC3C(C)C)C1C(=O)CC(=O)C1C2. The van der Waals surface area contributed by atoms with Crippen molar-refractivity contribution in [2.45, 2.75) is 104 Å². The normalized spacial score (nSPS) is 41.0. The maximum absolute atomic E-state index is 13.1. The molecule has 3 saturated carbocycles. The Balaban J connectivity index is 1.51. The molecule has 0 spiro atoms. The number of hydrogen-bond acceptors (Lipinski definition) is 4. The van der Waals surface area contributed by atoms with Gasteiger partial charge in [0.2, 0.25) is 0 Å². The third-order valence-corrected chi connectivity index (χ3v) is 10.3. The molecular weight excluding hydrogens is 424 g/mol. The fraction of sp³-hybridized carbons (Fsp3) is 0.767. The Bertz CT molecular complexity index is 939. The van der Waals surface area contributed by atoms with E-state index < -0.39 is 0 Å². The van der Waals surface area contributed by atoms with Crippen molar-refractivity contribution in [2.24, 2.45) is 40.9 Å². The summed E-state index contributed by atoms with van der Waals surface area (Å²) in [5, 5.41) is 0. The Morgan fingerprint density at radius 3 is 2.65 bits per heavy atom. The van der Waals surface area contributed by atoms with Crippen molar-refractivity contribution in [3.05, 3.63) is 22.8 Å². The first-order chi connectivity index (χ1) is 16.2. The summed E-state index contributed by atoms with van der Waals surface area (Å²) in [6, 6.07) is 0. The van der Waals surface area contributed by atoms with Crippen molar-refractivity contribution in [1.29, 1.82) is 0 Å². The first kappa shape index (κ1) is 24.0. The first-order valence-electron chi connectivity index (χ1n) is 13.9. The zero-order valence-electron chi connectivity index (χ0n) is 21.5. The van der Waals surface area contributed by atoms with Crippen LogP contribution in [0.3, 0.4) is 0 Å². The van der Waals surface area contributed by atoms with Crippen molar-refractivity contribution in [3.63, 3.8) is 0 Å². The minimum atomic E-state index is -0.199. The monoisotopic (exact) mass is 466 g/mol. The van der Waals surface area contributed by atoms with Crippen LogP contribution in [-0.4, -0.2) is 23.6 Å². The first-order valence-corrected chi connectivity index (χ1v) is 13.9. The van der Waals surface area contributed by atoms with Crippen molar-refractivity contribution >= 4 is 17.5 Å². The standard InChI is InChI=1S/C30H42O4/c1-5-28(33)34-20-9-8-18-13-23-26(31)16-27(32)29(23)22(21(18)15-20)14-19-7-6-12-30(4)24(17(2)3)10-11-25(19)30/h14,17,20,22-25,29H,5-13,15-16H2,1-4H3/b19-14+/t20?,22-,23?,24?,25?,29?,30?/m0/s1. The molecule has 5 aliphatic rings. The van der Waals surface area contributed by atoms with Crippen molar-refractivity contribution in [3.8, 4) is 0 Å².